The van der Waals surface area contributed by atoms with E-state index in [4.69, 9.17) is 0 Å². The summed E-state index contributed by atoms with van der Waals surface area (Å²) in [7, 11) is 0. The van der Waals surface area contributed by atoms with Crippen LogP contribution in [0.5, 0.6) is 0 Å². The first-order valence-electron chi connectivity index (χ1n) is 9.25. The Morgan fingerprint density at radius 2 is 1.44 bits per heavy atom. The largest absolute Gasteiger partial charge is 0.207 e. The number of halogens is 2. The van der Waals surface area contributed by atoms with Crippen molar-refractivity contribution in [1.29, 1.82) is 0 Å². The van der Waals surface area contributed by atoms with Gasteiger partial charge in [0, 0.05) is 5.56 Å². The zero-order chi connectivity index (χ0) is 17.9. The van der Waals surface area contributed by atoms with E-state index in [1.807, 2.05) is 12.1 Å². The van der Waals surface area contributed by atoms with Gasteiger partial charge in [-0.05, 0) is 48.7 Å². The van der Waals surface area contributed by atoms with Gasteiger partial charge in [0.15, 0.2) is 0 Å². The fourth-order valence-corrected chi connectivity index (χ4v) is 2.77. The van der Waals surface area contributed by atoms with Crippen molar-refractivity contribution in [2.75, 3.05) is 0 Å². The lowest BCUT2D eigenvalue weighted by atomic mass is 10.0. The summed E-state index contributed by atoms with van der Waals surface area (Å²) in [6.07, 6.45) is 10.2. The highest BCUT2D eigenvalue weighted by molar-refractivity contribution is 5.44. The molecular weight excluding hydrogens is 314 g/mol. The molecule has 0 aromatic heterocycles. The number of rotatable bonds is 8. The van der Waals surface area contributed by atoms with Gasteiger partial charge in [-0.25, -0.2) is 8.78 Å². The van der Waals surface area contributed by atoms with E-state index < -0.39 is 11.6 Å². The minimum atomic E-state index is -0.496. The molecule has 0 bridgehead atoms. The third-order valence-corrected chi connectivity index (χ3v) is 4.29. The Morgan fingerprint density at radius 3 is 2.16 bits per heavy atom. The molecule has 0 aliphatic rings. The summed E-state index contributed by atoms with van der Waals surface area (Å²) in [5.74, 6) is 4.62. The second kappa shape index (κ2) is 10.7. The van der Waals surface area contributed by atoms with E-state index in [0.29, 0.717) is 0 Å². The minimum absolute atomic E-state index is 0.0900. The smallest absolute Gasteiger partial charge is 0.139 e. The second-order valence-corrected chi connectivity index (χ2v) is 6.44. The quantitative estimate of drug-likeness (QED) is 0.372. The van der Waals surface area contributed by atoms with Crippen LogP contribution in [-0.4, -0.2) is 0 Å². The van der Waals surface area contributed by atoms with Crippen LogP contribution in [0.4, 0.5) is 8.78 Å². The van der Waals surface area contributed by atoms with Gasteiger partial charge in [-0.15, -0.1) is 0 Å². The van der Waals surface area contributed by atoms with Gasteiger partial charge in [-0.2, -0.15) is 0 Å². The number of unbranched alkanes of at least 4 members (excludes halogenated alkanes) is 6. The van der Waals surface area contributed by atoms with E-state index >= 15 is 0 Å². The van der Waals surface area contributed by atoms with E-state index in [2.05, 4.69) is 30.9 Å². The van der Waals surface area contributed by atoms with Crippen LogP contribution in [0.2, 0.25) is 0 Å². The fourth-order valence-electron chi connectivity index (χ4n) is 2.77. The Bertz CT molecular complexity index is 705. The third kappa shape index (κ3) is 7.10. The van der Waals surface area contributed by atoms with Crippen LogP contribution in [-0.2, 0) is 6.42 Å². The molecule has 0 atom stereocenters. The molecule has 0 heterocycles. The normalized spacial score (nSPS) is 10.4. The average Bonchev–Trinajstić information content (AvgIpc) is 2.63. The van der Waals surface area contributed by atoms with E-state index in [1.165, 1.54) is 50.5 Å². The van der Waals surface area contributed by atoms with Crippen LogP contribution in [0.3, 0.4) is 0 Å². The van der Waals surface area contributed by atoms with Gasteiger partial charge in [0.25, 0.3) is 0 Å². The zero-order valence-corrected chi connectivity index (χ0v) is 15.0. The summed E-state index contributed by atoms with van der Waals surface area (Å²) < 4.78 is 26.7. The van der Waals surface area contributed by atoms with Crippen molar-refractivity contribution in [3.63, 3.8) is 0 Å². The molecule has 0 aliphatic heterocycles. The topological polar surface area (TPSA) is 0 Å². The average molecular weight is 340 g/mol. The number of hydrogen-bond donors (Lipinski definition) is 0. The van der Waals surface area contributed by atoms with Crippen molar-refractivity contribution in [3.05, 3.63) is 70.8 Å². The predicted octanol–water partition coefficient (Wildman–Crippen LogP) is 6.66. The molecule has 0 aliphatic carbocycles. The van der Waals surface area contributed by atoms with Crippen LogP contribution in [0, 0.1) is 23.5 Å². The summed E-state index contributed by atoms with van der Waals surface area (Å²) in [6, 6.07) is 11.4. The summed E-state index contributed by atoms with van der Waals surface area (Å²) in [5, 5.41) is 0. The Balaban J connectivity index is 1.80. The molecule has 0 radical (unpaired) electrons. The SMILES string of the molecule is CCCCCCCCCc1ccc(C#Cc2cc(F)ccc2F)cc1. The van der Waals surface area contributed by atoms with Crippen molar-refractivity contribution in [1.82, 2.24) is 0 Å². The molecule has 0 N–H and O–H groups in total. The maximum absolute atomic E-state index is 13.5. The van der Waals surface area contributed by atoms with Crippen molar-refractivity contribution in [3.8, 4) is 11.8 Å². The van der Waals surface area contributed by atoms with Crippen molar-refractivity contribution in [2.24, 2.45) is 0 Å². The molecule has 0 amide bonds. The van der Waals surface area contributed by atoms with Gasteiger partial charge >= 0.3 is 0 Å². The molecule has 2 aromatic carbocycles. The maximum Gasteiger partial charge on any atom is 0.139 e. The van der Waals surface area contributed by atoms with Crippen LogP contribution in [0.1, 0.15) is 68.6 Å². The Morgan fingerprint density at radius 1 is 0.760 bits per heavy atom. The van der Waals surface area contributed by atoms with Crippen LogP contribution in [0.15, 0.2) is 42.5 Å². The molecule has 132 valence electrons. The molecular formula is C23H26F2. The van der Waals surface area contributed by atoms with Gasteiger partial charge in [0.1, 0.15) is 11.6 Å². The number of hydrogen-bond acceptors (Lipinski definition) is 0. The van der Waals surface area contributed by atoms with Crippen molar-refractivity contribution < 1.29 is 8.78 Å². The standard InChI is InChI=1S/C23H26F2/c1-2-3-4-5-6-7-8-9-19-10-12-20(13-11-19)14-15-21-18-22(24)16-17-23(21)25/h10-13,16-18H,2-9H2,1H3. The number of benzene rings is 2. The predicted molar refractivity (Wildman–Crippen MR) is 100 cm³/mol. The minimum Gasteiger partial charge on any atom is -0.207 e. The van der Waals surface area contributed by atoms with Gasteiger partial charge in [-0.3, -0.25) is 0 Å². The van der Waals surface area contributed by atoms with Gasteiger partial charge in [0.05, 0.1) is 5.56 Å². The van der Waals surface area contributed by atoms with Crippen LogP contribution < -0.4 is 0 Å². The molecule has 0 saturated heterocycles. The summed E-state index contributed by atoms with van der Waals surface area (Å²) in [5.41, 5.74) is 2.20. The highest BCUT2D eigenvalue weighted by Crippen LogP contribution is 2.12. The van der Waals surface area contributed by atoms with E-state index in [0.717, 1.165) is 30.2 Å². The number of aryl methyl sites for hydroxylation is 1. The molecule has 0 fully saturated rings. The molecule has 0 saturated carbocycles. The summed E-state index contributed by atoms with van der Waals surface area (Å²) >= 11 is 0. The summed E-state index contributed by atoms with van der Waals surface area (Å²) in [4.78, 5) is 0. The summed E-state index contributed by atoms with van der Waals surface area (Å²) in [6.45, 7) is 2.24. The highest BCUT2D eigenvalue weighted by Gasteiger charge is 2.00. The first-order chi connectivity index (χ1) is 12.2. The highest BCUT2D eigenvalue weighted by atomic mass is 19.1. The lowest BCUT2D eigenvalue weighted by Gasteiger charge is -2.02. The maximum atomic E-state index is 13.5. The molecule has 2 rings (SSSR count). The lowest BCUT2D eigenvalue weighted by molar-refractivity contribution is 0.589. The Labute approximate surface area is 150 Å². The first-order valence-corrected chi connectivity index (χ1v) is 9.25. The monoisotopic (exact) mass is 340 g/mol. The second-order valence-electron chi connectivity index (χ2n) is 6.44. The van der Waals surface area contributed by atoms with E-state index in [1.54, 1.807) is 0 Å². The van der Waals surface area contributed by atoms with Crippen molar-refractivity contribution in [2.45, 2.75) is 58.3 Å². The Hall–Kier alpha value is -2.14. The van der Waals surface area contributed by atoms with Gasteiger partial charge in [0.2, 0.25) is 0 Å². The van der Waals surface area contributed by atoms with Gasteiger partial charge in [-0.1, -0.05) is 69.4 Å². The zero-order valence-electron chi connectivity index (χ0n) is 15.0. The van der Waals surface area contributed by atoms with Crippen LogP contribution >= 0.6 is 0 Å². The molecule has 0 spiro atoms. The van der Waals surface area contributed by atoms with Gasteiger partial charge < -0.3 is 0 Å². The Kier molecular flexibility index (Phi) is 8.19. The molecule has 2 heteroatoms. The fraction of sp³-hybridized carbons (Fsp3) is 0.391. The van der Waals surface area contributed by atoms with Crippen LogP contribution in [0.25, 0.3) is 0 Å². The van der Waals surface area contributed by atoms with E-state index in [-0.39, 0.29) is 5.56 Å². The lowest BCUT2D eigenvalue weighted by Crippen LogP contribution is -1.88. The molecule has 0 unspecified atom stereocenters. The molecule has 0 nitrogen and oxygen atoms in total. The molecule has 25 heavy (non-hydrogen) atoms. The first kappa shape index (κ1) is 19.2. The van der Waals surface area contributed by atoms with Crippen molar-refractivity contribution >= 4 is 0 Å². The molecule has 2 aromatic rings. The third-order valence-electron chi connectivity index (χ3n) is 4.29. The van der Waals surface area contributed by atoms with E-state index in [9.17, 15) is 8.78 Å².